The molecule has 4 aliphatic rings. The molecule has 0 heterocycles. The fourth-order valence-corrected chi connectivity index (χ4v) is 9.15. The molecule has 5 rings (SSSR count). The number of hydrogen-bond acceptors (Lipinski definition) is 2. The summed E-state index contributed by atoms with van der Waals surface area (Å²) in [6.07, 6.45) is 22.7. The van der Waals surface area contributed by atoms with E-state index in [0.29, 0.717) is 19.1 Å². The Kier molecular flexibility index (Phi) is 9.92. The lowest BCUT2D eigenvalue weighted by Crippen LogP contribution is -2.36. The van der Waals surface area contributed by atoms with Crippen LogP contribution in [0.3, 0.4) is 0 Å². The molecule has 0 N–H and O–H groups in total. The molecule has 0 radical (unpaired) electrons. The van der Waals surface area contributed by atoms with Crippen LogP contribution in [0.4, 0.5) is 8.78 Å². The molecule has 4 unspecified atom stereocenters. The van der Waals surface area contributed by atoms with E-state index in [1.807, 2.05) is 0 Å². The van der Waals surface area contributed by atoms with Crippen molar-refractivity contribution in [2.45, 2.75) is 117 Å². The van der Waals surface area contributed by atoms with E-state index >= 15 is 0 Å². The highest BCUT2D eigenvalue weighted by molar-refractivity contribution is 5.35. The predicted molar refractivity (Wildman–Crippen MR) is 150 cm³/mol. The van der Waals surface area contributed by atoms with Crippen molar-refractivity contribution in [1.29, 1.82) is 0 Å². The number of rotatable bonds is 9. The zero-order valence-electron chi connectivity index (χ0n) is 24.1. The highest BCUT2D eigenvalue weighted by atomic mass is 19.2. The van der Waals surface area contributed by atoms with Crippen LogP contribution >= 0.6 is 0 Å². The first-order valence-corrected chi connectivity index (χ1v) is 16.3. The number of halogens is 2. The molecule has 1 aromatic carbocycles. The number of hydrogen-bond donors (Lipinski definition) is 0. The third kappa shape index (κ3) is 6.69. The van der Waals surface area contributed by atoms with Crippen LogP contribution in [-0.4, -0.2) is 13.2 Å². The van der Waals surface area contributed by atoms with Crippen molar-refractivity contribution in [2.75, 3.05) is 13.2 Å². The molecule has 38 heavy (non-hydrogen) atoms. The Morgan fingerprint density at radius 1 is 0.579 bits per heavy atom. The lowest BCUT2D eigenvalue weighted by Gasteiger charge is -2.46. The fraction of sp³-hybridized carbons (Fsp3) is 0.824. The van der Waals surface area contributed by atoms with E-state index in [1.165, 1.54) is 108 Å². The van der Waals surface area contributed by atoms with Gasteiger partial charge in [-0.3, -0.25) is 0 Å². The van der Waals surface area contributed by atoms with Crippen molar-refractivity contribution in [1.82, 2.24) is 0 Å². The van der Waals surface area contributed by atoms with Gasteiger partial charge in [0.1, 0.15) is 0 Å². The van der Waals surface area contributed by atoms with Gasteiger partial charge in [0.2, 0.25) is 11.6 Å². The maximum Gasteiger partial charge on any atom is 0.204 e. The van der Waals surface area contributed by atoms with Crippen molar-refractivity contribution in [2.24, 2.45) is 47.3 Å². The molecule has 0 amide bonds. The maximum absolute atomic E-state index is 14.4. The molecular formula is C34H52F2O2. The normalized spacial score (nSPS) is 35.9. The van der Waals surface area contributed by atoms with Gasteiger partial charge in [0, 0.05) is 0 Å². The molecule has 0 aliphatic heterocycles. The van der Waals surface area contributed by atoms with Crippen LogP contribution in [0.5, 0.6) is 11.5 Å². The van der Waals surface area contributed by atoms with Crippen LogP contribution in [0.2, 0.25) is 0 Å². The molecule has 214 valence electrons. The molecular weight excluding hydrogens is 478 g/mol. The SMILES string of the molecule is CCCC1CCC(C2CCC(C3CCC4CC(COc5ccc(OCC)c(F)c5F)CCC4C3)CC2)CC1. The van der Waals surface area contributed by atoms with Gasteiger partial charge in [0.05, 0.1) is 13.2 Å². The van der Waals surface area contributed by atoms with Gasteiger partial charge in [-0.15, -0.1) is 0 Å². The first-order valence-electron chi connectivity index (χ1n) is 16.3. The van der Waals surface area contributed by atoms with Crippen LogP contribution in [0.25, 0.3) is 0 Å². The highest BCUT2D eigenvalue weighted by Crippen LogP contribution is 2.50. The van der Waals surface area contributed by atoms with E-state index in [-0.39, 0.29) is 11.5 Å². The Morgan fingerprint density at radius 3 is 1.63 bits per heavy atom. The number of fused-ring (bicyclic) bond motifs is 1. The van der Waals surface area contributed by atoms with E-state index in [2.05, 4.69) is 6.92 Å². The average Bonchev–Trinajstić information content (AvgIpc) is 2.95. The highest BCUT2D eigenvalue weighted by Gasteiger charge is 2.40. The molecule has 0 saturated heterocycles. The van der Waals surface area contributed by atoms with E-state index in [1.54, 1.807) is 6.92 Å². The molecule has 4 heteroatoms. The number of ether oxygens (including phenoxy) is 2. The Bertz CT molecular complexity index is 871. The summed E-state index contributed by atoms with van der Waals surface area (Å²) >= 11 is 0. The quantitative estimate of drug-likeness (QED) is 0.316. The van der Waals surface area contributed by atoms with Gasteiger partial charge in [-0.25, -0.2) is 0 Å². The summed E-state index contributed by atoms with van der Waals surface area (Å²) in [5.74, 6) is 5.22. The summed E-state index contributed by atoms with van der Waals surface area (Å²) in [5, 5.41) is 0. The standard InChI is InChI=1S/C34H52F2O2/c1-3-5-23-6-9-25(10-7-23)26-12-14-27(15-13-26)29-17-16-28-20-24(8-11-30(28)21-29)22-38-32-19-18-31(37-4-2)33(35)34(32)36/h18-19,23-30H,3-17,20-22H2,1-2H3. The van der Waals surface area contributed by atoms with E-state index < -0.39 is 11.6 Å². The Balaban J connectivity index is 1.03. The molecule has 4 fully saturated rings. The molecule has 2 nitrogen and oxygen atoms in total. The molecule has 4 saturated carbocycles. The van der Waals surface area contributed by atoms with Gasteiger partial charge in [-0.1, -0.05) is 32.6 Å². The maximum atomic E-state index is 14.4. The number of benzene rings is 1. The van der Waals surface area contributed by atoms with Gasteiger partial charge in [-0.2, -0.15) is 8.78 Å². The molecule has 4 aliphatic carbocycles. The molecule has 0 spiro atoms. The van der Waals surface area contributed by atoms with Crippen molar-refractivity contribution in [3.63, 3.8) is 0 Å². The Morgan fingerprint density at radius 2 is 1.03 bits per heavy atom. The van der Waals surface area contributed by atoms with Gasteiger partial charge >= 0.3 is 0 Å². The van der Waals surface area contributed by atoms with Crippen molar-refractivity contribution < 1.29 is 18.3 Å². The van der Waals surface area contributed by atoms with Gasteiger partial charge in [0.25, 0.3) is 0 Å². The summed E-state index contributed by atoms with van der Waals surface area (Å²) in [7, 11) is 0. The second-order valence-corrected chi connectivity index (χ2v) is 13.5. The van der Waals surface area contributed by atoms with Crippen LogP contribution in [0.15, 0.2) is 12.1 Å². The van der Waals surface area contributed by atoms with Crippen LogP contribution < -0.4 is 9.47 Å². The minimum absolute atomic E-state index is 0.0152. The topological polar surface area (TPSA) is 18.5 Å². The summed E-state index contributed by atoms with van der Waals surface area (Å²) in [6, 6.07) is 2.98. The van der Waals surface area contributed by atoms with Crippen LogP contribution in [-0.2, 0) is 0 Å². The average molecular weight is 531 g/mol. The van der Waals surface area contributed by atoms with Crippen molar-refractivity contribution >= 4 is 0 Å². The van der Waals surface area contributed by atoms with Crippen LogP contribution in [0.1, 0.15) is 117 Å². The predicted octanol–water partition coefficient (Wildman–Crippen LogP) is 9.99. The monoisotopic (exact) mass is 530 g/mol. The largest absolute Gasteiger partial charge is 0.491 e. The van der Waals surface area contributed by atoms with E-state index in [4.69, 9.17) is 9.47 Å². The first kappa shape index (κ1) is 28.2. The minimum atomic E-state index is -0.945. The lowest BCUT2D eigenvalue weighted by molar-refractivity contribution is 0.0419. The summed E-state index contributed by atoms with van der Waals surface area (Å²) in [5.41, 5.74) is 0. The smallest absolute Gasteiger partial charge is 0.204 e. The molecule has 0 bridgehead atoms. The van der Waals surface area contributed by atoms with Gasteiger partial charge < -0.3 is 9.47 Å². The summed E-state index contributed by atoms with van der Waals surface area (Å²) in [4.78, 5) is 0. The third-order valence-corrected chi connectivity index (χ3v) is 11.3. The zero-order valence-corrected chi connectivity index (χ0v) is 24.1. The van der Waals surface area contributed by atoms with E-state index in [0.717, 1.165) is 47.8 Å². The molecule has 4 atom stereocenters. The van der Waals surface area contributed by atoms with Crippen LogP contribution in [0, 0.1) is 59.0 Å². The third-order valence-electron chi connectivity index (χ3n) is 11.3. The molecule has 1 aromatic rings. The van der Waals surface area contributed by atoms with Gasteiger partial charge in [-0.05, 0) is 143 Å². The Labute approximate surface area is 230 Å². The summed E-state index contributed by atoms with van der Waals surface area (Å²) in [6.45, 7) is 4.90. The minimum Gasteiger partial charge on any atom is -0.491 e. The second-order valence-electron chi connectivity index (χ2n) is 13.5. The summed E-state index contributed by atoms with van der Waals surface area (Å²) < 4.78 is 39.6. The Hall–Kier alpha value is -1.32. The van der Waals surface area contributed by atoms with Crippen molar-refractivity contribution in [3.05, 3.63) is 23.8 Å². The van der Waals surface area contributed by atoms with Crippen molar-refractivity contribution in [3.8, 4) is 11.5 Å². The lowest BCUT2D eigenvalue weighted by atomic mass is 9.60. The van der Waals surface area contributed by atoms with E-state index in [9.17, 15) is 8.78 Å². The fourth-order valence-electron chi connectivity index (χ4n) is 9.15. The second kappa shape index (κ2) is 13.4. The molecule has 0 aromatic heterocycles. The first-order chi connectivity index (χ1) is 18.6. The van der Waals surface area contributed by atoms with Gasteiger partial charge in [0.15, 0.2) is 11.5 Å². The zero-order chi connectivity index (χ0) is 26.5.